The first-order chi connectivity index (χ1) is 8.58. The molecule has 100 valence electrons. The molecule has 0 spiro atoms. The van der Waals surface area contributed by atoms with Crippen LogP contribution in [0, 0.1) is 11.2 Å². The van der Waals surface area contributed by atoms with E-state index in [4.69, 9.17) is 0 Å². The Labute approximate surface area is 114 Å². The number of hydrogen-bond acceptors (Lipinski definition) is 2. The largest absolute Gasteiger partial charge is 0.312 e. The van der Waals surface area contributed by atoms with Gasteiger partial charge in [0.25, 0.3) is 0 Å². The van der Waals surface area contributed by atoms with Gasteiger partial charge in [0.1, 0.15) is 5.82 Å². The number of benzene rings is 1. The average molecular weight is 267 g/mol. The first-order valence-corrected chi connectivity index (χ1v) is 7.79. The van der Waals surface area contributed by atoms with Crippen molar-refractivity contribution in [2.45, 2.75) is 32.7 Å². The van der Waals surface area contributed by atoms with Gasteiger partial charge in [0, 0.05) is 11.8 Å². The molecule has 1 aliphatic rings. The van der Waals surface area contributed by atoms with Gasteiger partial charge < -0.3 is 5.32 Å². The molecule has 1 aromatic carbocycles. The zero-order chi connectivity index (χ0) is 13.0. The molecule has 0 bridgehead atoms. The summed E-state index contributed by atoms with van der Waals surface area (Å²) in [4.78, 5) is 0. The van der Waals surface area contributed by atoms with E-state index in [-0.39, 0.29) is 5.82 Å². The van der Waals surface area contributed by atoms with Gasteiger partial charge in [-0.3, -0.25) is 0 Å². The fraction of sp³-hybridized carbons (Fsp3) is 0.600. The normalized spacial score (nSPS) is 22.9. The summed E-state index contributed by atoms with van der Waals surface area (Å²) in [6, 6.07) is 7.41. The van der Waals surface area contributed by atoms with Crippen LogP contribution in [-0.4, -0.2) is 24.1 Å². The lowest BCUT2D eigenvalue weighted by molar-refractivity contribution is 0.247. The van der Waals surface area contributed by atoms with Crippen LogP contribution < -0.4 is 5.32 Å². The number of halogens is 1. The van der Waals surface area contributed by atoms with Crippen molar-refractivity contribution in [3.05, 3.63) is 35.6 Å². The molecule has 1 nitrogen and oxygen atoms in total. The Morgan fingerprint density at radius 2 is 2.06 bits per heavy atom. The Morgan fingerprint density at radius 3 is 2.72 bits per heavy atom. The highest BCUT2D eigenvalue weighted by Gasteiger charge is 2.31. The van der Waals surface area contributed by atoms with Crippen LogP contribution in [0.3, 0.4) is 0 Å². The molecule has 3 heteroatoms. The summed E-state index contributed by atoms with van der Waals surface area (Å²) in [7, 11) is 0. The molecule has 0 amide bonds. The highest BCUT2D eigenvalue weighted by Crippen LogP contribution is 2.33. The van der Waals surface area contributed by atoms with Crippen molar-refractivity contribution in [3.8, 4) is 0 Å². The topological polar surface area (TPSA) is 12.0 Å². The molecule has 0 saturated carbocycles. The van der Waals surface area contributed by atoms with Crippen LogP contribution >= 0.6 is 11.8 Å². The number of hydrogen-bond donors (Lipinski definition) is 1. The first-order valence-electron chi connectivity index (χ1n) is 6.63. The van der Waals surface area contributed by atoms with E-state index < -0.39 is 0 Å². The summed E-state index contributed by atoms with van der Waals surface area (Å²) in [5, 5.41) is 3.66. The molecule has 2 rings (SSSR count). The maximum Gasteiger partial charge on any atom is 0.123 e. The predicted octanol–water partition coefficient (Wildman–Crippen LogP) is 3.49. The maximum absolute atomic E-state index is 12.8. The molecule has 1 fully saturated rings. The standard InChI is InChI=1S/C15H22FNS/c1-15(2)8-10-18-11-14(15)17-9-7-12-3-5-13(16)6-4-12/h3-6,14,17H,7-11H2,1-2H3. The molecule has 0 radical (unpaired) electrons. The third-order valence-corrected chi connectivity index (χ3v) is 4.90. The van der Waals surface area contributed by atoms with Gasteiger partial charge in [0.2, 0.25) is 0 Å². The molecule has 18 heavy (non-hydrogen) atoms. The van der Waals surface area contributed by atoms with E-state index in [1.807, 2.05) is 23.9 Å². The number of thioether (sulfide) groups is 1. The minimum Gasteiger partial charge on any atom is -0.312 e. The van der Waals surface area contributed by atoms with Gasteiger partial charge in [-0.05, 0) is 48.3 Å². The summed E-state index contributed by atoms with van der Waals surface area (Å²) in [5.41, 5.74) is 1.60. The SMILES string of the molecule is CC1(C)CCSCC1NCCc1ccc(F)cc1. The van der Waals surface area contributed by atoms with Crippen molar-refractivity contribution >= 4 is 11.8 Å². The summed E-state index contributed by atoms with van der Waals surface area (Å²) >= 11 is 2.04. The van der Waals surface area contributed by atoms with E-state index >= 15 is 0 Å². The minimum atomic E-state index is -0.156. The molecule has 1 aromatic rings. The molecule has 1 unspecified atom stereocenters. The Morgan fingerprint density at radius 1 is 1.33 bits per heavy atom. The lowest BCUT2D eigenvalue weighted by Gasteiger charge is -2.39. The fourth-order valence-electron chi connectivity index (χ4n) is 2.31. The Bertz CT molecular complexity index is 375. The van der Waals surface area contributed by atoms with E-state index in [9.17, 15) is 4.39 Å². The number of rotatable bonds is 4. The molecule has 0 aliphatic carbocycles. The Balaban J connectivity index is 1.79. The van der Waals surface area contributed by atoms with Gasteiger partial charge >= 0.3 is 0 Å². The predicted molar refractivity (Wildman–Crippen MR) is 77.6 cm³/mol. The van der Waals surface area contributed by atoms with Crippen molar-refractivity contribution < 1.29 is 4.39 Å². The summed E-state index contributed by atoms with van der Waals surface area (Å²) in [6.07, 6.45) is 2.25. The van der Waals surface area contributed by atoms with Crippen LogP contribution in [0.15, 0.2) is 24.3 Å². The van der Waals surface area contributed by atoms with E-state index in [1.165, 1.54) is 35.6 Å². The highest BCUT2D eigenvalue weighted by molar-refractivity contribution is 7.99. The molecule has 1 atom stereocenters. The van der Waals surface area contributed by atoms with Gasteiger partial charge in [-0.25, -0.2) is 4.39 Å². The summed E-state index contributed by atoms with van der Waals surface area (Å²) in [5.74, 6) is 2.33. The van der Waals surface area contributed by atoms with Crippen LogP contribution in [-0.2, 0) is 6.42 Å². The second-order valence-corrected chi connectivity index (χ2v) is 6.85. The van der Waals surface area contributed by atoms with E-state index in [1.54, 1.807) is 0 Å². The van der Waals surface area contributed by atoms with Gasteiger partial charge in [-0.1, -0.05) is 26.0 Å². The van der Waals surface area contributed by atoms with Gasteiger partial charge in [0.05, 0.1) is 0 Å². The zero-order valence-corrected chi connectivity index (χ0v) is 12.0. The maximum atomic E-state index is 12.8. The van der Waals surface area contributed by atoms with Gasteiger partial charge in [-0.2, -0.15) is 11.8 Å². The second kappa shape index (κ2) is 6.07. The van der Waals surface area contributed by atoms with Crippen LogP contribution in [0.4, 0.5) is 4.39 Å². The van der Waals surface area contributed by atoms with Crippen LogP contribution in [0.2, 0.25) is 0 Å². The monoisotopic (exact) mass is 267 g/mol. The quantitative estimate of drug-likeness (QED) is 0.896. The average Bonchev–Trinajstić information content (AvgIpc) is 2.33. The molecule has 0 aromatic heterocycles. The minimum absolute atomic E-state index is 0.156. The second-order valence-electron chi connectivity index (χ2n) is 5.70. The lowest BCUT2D eigenvalue weighted by Crippen LogP contribution is -2.47. The Kier molecular flexibility index (Phi) is 4.68. The number of nitrogens with one attached hydrogen (secondary N) is 1. The molecule has 1 heterocycles. The first kappa shape index (κ1) is 13.9. The van der Waals surface area contributed by atoms with Gasteiger partial charge in [0.15, 0.2) is 0 Å². The van der Waals surface area contributed by atoms with E-state index in [0.717, 1.165) is 13.0 Å². The molecular formula is C15H22FNS. The van der Waals surface area contributed by atoms with Gasteiger partial charge in [-0.15, -0.1) is 0 Å². The fourth-order valence-corrected chi connectivity index (χ4v) is 3.96. The molecular weight excluding hydrogens is 245 g/mol. The molecule has 1 N–H and O–H groups in total. The summed E-state index contributed by atoms with van der Waals surface area (Å²) < 4.78 is 12.8. The van der Waals surface area contributed by atoms with Crippen molar-refractivity contribution in [1.29, 1.82) is 0 Å². The van der Waals surface area contributed by atoms with E-state index in [2.05, 4.69) is 19.2 Å². The van der Waals surface area contributed by atoms with Crippen molar-refractivity contribution in [2.75, 3.05) is 18.1 Å². The zero-order valence-electron chi connectivity index (χ0n) is 11.2. The van der Waals surface area contributed by atoms with Crippen LogP contribution in [0.5, 0.6) is 0 Å². The van der Waals surface area contributed by atoms with Crippen molar-refractivity contribution in [1.82, 2.24) is 5.32 Å². The smallest absolute Gasteiger partial charge is 0.123 e. The van der Waals surface area contributed by atoms with Crippen LogP contribution in [0.1, 0.15) is 25.8 Å². The third-order valence-electron chi connectivity index (χ3n) is 3.84. The summed E-state index contributed by atoms with van der Waals surface area (Å²) in [6.45, 7) is 5.67. The molecule has 1 aliphatic heterocycles. The van der Waals surface area contributed by atoms with Crippen LogP contribution in [0.25, 0.3) is 0 Å². The van der Waals surface area contributed by atoms with Crippen molar-refractivity contribution in [2.24, 2.45) is 5.41 Å². The highest BCUT2D eigenvalue weighted by atomic mass is 32.2. The Hall–Kier alpha value is -0.540. The van der Waals surface area contributed by atoms with Crippen molar-refractivity contribution in [3.63, 3.8) is 0 Å². The molecule has 1 saturated heterocycles. The van der Waals surface area contributed by atoms with E-state index in [0.29, 0.717) is 11.5 Å². The lowest BCUT2D eigenvalue weighted by atomic mass is 9.82. The third kappa shape index (κ3) is 3.72.